The van der Waals surface area contributed by atoms with E-state index in [2.05, 4.69) is 5.32 Å². The summed E-state index contributed by atoms with van der Waals surface area (Å²) in [5, 5.41) is 15.3. The number of hydrogen-bond acceptors (Lipinski definition) is 2. The van der Waals surface area contributed by atoms with Crippen molar-refractivity contribution in [1.29, 1.82) is 0 Å². The third-order valence-electron chi connectivity index (χ3n) is 3.90. The van der Waals surface area contributed by atoms with Gasteiger partial charge in [0.2, 0.25) is 0 Å². The molecule has 1 amide bonds. The number of phenols is 1. The number of aromatic hydroxyl groups is 1. The zero-order valence-corrected chi connectivity index (χ0v) is 12.2. The SMILES string of the molecule is C[NH+](CC(=O)NC1CC1)Cc1c(O)ccc2ccccc12. The molecule has 1 aliphatic carbocycles. The molecular formula is C17H21N2O2+. The fraction of sp³-hybridized carbons (Fsp3) is 0.353. The molecule has 0 radical (unpaired) electrons. The Bertz CT molecular complexity index is 665. The number of benzene rings is 2. The molecule has 0 saturated heterocycles. The van der Waals surface area contributed by atoms with E-state index < -0.39 is 0 Å². The second-order valence-electron chi connectivity index (χ2n) is 5.94. The molecule has 4 nitrogen and oxygen atoms in total. The van der Waals surface area contributed by atoms with Crippen LogP contribution in [0.1, 0.15) is 18.4 Å². The van der Waals surface area contributed by atoms with Gasteiger partial charge in [-0.15, -0.1) is 0 Å². The average Bonchev–Trinajstić information content (AvgIpc) is 3.25. The van der Waals surface area contributed by atoms with Crippen molar-refractivity contribution in [2.24, 2.45) is 0 Å². The molecule has 21 heavy (non-hydrogen) atoms. The van der Waals surface area contributed by atoms with Crippen molar-refractivity contribution in [3.05, 3.63) is 42.0 Å². The van der Waals surface area contributed by atoms with Crippen LogP contribution in [-0.2, 0) is 11.3 Å². The molecule has 2 aromatic rings. The zero-order chi connectivity index (χ0) is 14.8. The molecule has 110 valence electrons. The van der Waals surface area contributed by atoms with Gasteiger partial charge in [-0.05, 0) is 29.7 Å². The van der Waals surface area contributed by atoms with Crippen LogP contribution in [0.2, 0.25) is 0 Å². The van der Waals surface area contributed by atoms with E-state index in [1.165, 1.54) is 0 Å². The van der Waals surface area contributed by atoms with E-state index in [9.17, 15) is 9.90 Å². The Hall–Kier alpha value is -2.07. The maximum absolute atomic E-state index is 11.8. The van der Waals surface area contributed by atoms with Crippen molar-refractivity contribution >= 4 is 16.7 Å². The normalized spacial score (nSPS) is 15.9. The summed E-state index contributed by atoms with van der Waals surface area (Å²) in [5.41, 5.74) is 0.907. The van der Waals surface area contributed by atoms with E-state index in [-0.39, 0.29) is 5.91 Å². The lowest BCUT2D eigenvalue weighted by atomic mass is 10.0. The van der Waals surface area contributed by atoms with E-state index >= 15 is 0 Å². The molecule has 1 atom stereocenters. The molecule has 3 N–H and O–H groups in total. The predicted octanol–water partition coefficient (Wildman–Crippen LogP) is 0.839. The quantitative estimate of drug-likeness (QED) is 0.762. The number of likely N-dealkylation sites (N-methyl/N-ethyl adjacent to an activating group) is 1. The highest BCUT2D eigenvalue weighted by atomic mass is 16.3. The fourth-order valence-corrected chi connectivity index (χ4v) is 2.65. The Kier molecular flexibility index (Phi) is 3.80. The number of rotatable bonds is 5. The number of carbonyl (C=O) groups excluding carboxylic acids is 1. The number of hydrogen-bond donors (Lipinski definition) is 3. The number of nitrogens with one attached hydrogen (secondary N) is 2. The lowest BCUT2D eigenvalue weighted by Crippen LogP contribution is -3.08. The third-order valence-corrected chi connectivity index (χ3v) is 3.90. The molecule has 3 rings (SSSR count). The van der Waals surface area contributed by atoms with Gasteiger partial charge in [-0.1, -0.05) is 30.3 Å². The van der Waals surface area contributed by atoms with Crippen LogP contribution < -0.4 is 10.2 Å². The van der Waals surface area contributed by atoms with Gasteiger partial charge in [0.05, 0.1) is 12.6 Å². The predicted molar refractivity (Wildman–Crippen MR) is 82.2 cm³/mol. The second kappa shape index (κ2) is 5.74. The first kappa shape index (κ1) is 13.9. The van der Waals surface area contributed by atoms with Crippen LogP contribution in [0.5, 0.6) is 5.75 Å². The number of fused-ring (bicyclic) bond motifs is 1. The van der Waals surface area contributed by atoms with Crippen LogP contribution in [0.25, 0.3) is 10.8 Å². The van der Waals surface area contributed by atoms with Crippen LogP contribution in [0.4, 0.5) is 0 Å². The fourth-order valence-electron chi connectivity index (χ4n) is 2.65. The standard InChI is InChI=1S/C17H20N2O2/c1-19(11-17(21)18-13-7-8-13)10-15-14-5-3-2-4-12(14)6-9-16(15)20/h2-6,9,13,20H,7-8,10-11H2,1H3,(H,18,21)/p+1. The van der Waals surface area contributed by atoms with Crippen molar-refractivity contribution in [2.45, 2.75) is 25.4 Å². The van der Waals surface area contributed by atoms with Crippen LogP contribution in [0.3, 0.4) is 0 Å². The van der Waals surface area contributed by atoms with Crippen molar-refractivity contribution < 1.29 is 14.8 Å². The highest BCUT2D eigenvalue weighted by Gasteiger charge is 2.24. The molecule has 2 aromatic carbocycles. The van der Waals surface area contributed by atoms with E-state index in [0.29, 0.717) is 24.9 Å². The molecule has 0 aliphatic heterocycles. The van der Waals surface area contributed by atoms with E-state index in [1.54, 1.807) is 6.07 Å². The summed E-state index contributed by atoms with van der Waals surface area (Å²) in [6.45, 7) is 1.06. The van der Waals surface area contributed by atoms with Crippen LogP contribution >= 0.6 is 0 Å². The Morgan fingerprint density at radius 2 is 2.05 bits per heavy atom. The molecule has 0 bridgehead atoms. The molecule has 1 unspecified atom stereocenters. The van der Waals surface area contributed by atoms with Crippen LogP contribution in [0, 0.1) is 0 Å². The first-order valence-electron chi connectivity index (χ1n) is 7.44. The molecule has 1 fully saturated rings. The average molecular weight is 285 g/mol. The van der Waals surface area contributed by atoms with Gasteiger partial charge in [0.1, 0.15) is 12.3 Å². The zero-order valence-electron chi connectivity index (χ0n) is 12.2. The van der Waals surface area contributed by atoms with Crippen molar-refractivity contribution in [1.82, 2.24) is 5.32 Å². The third kappa shape index (κ3) is 3.34. The number of amides is 1. The largest absolute Gasteiger partial charge is 0.507 e. The van der Waals surface area contributed by atoms with Crippen molar-refractivity contribution in [2.75, 3.05) is 13.6 Å². The van der Waals surface area contributed by atoms with Gasteiger partial charge in [0.25, 0.3) is 5.91 Å². The number of carbonyl (C=O) groups is 1. The summed E-state index contributed by atoms with van der Waals surface area (Å²) in [6, 6.07) is 12.1. The minimum Gasteiger partial charge on any atom is -0.507 e. The Morgan fingerprint density at radius 3 is 2.81 bits per heavy atom. The van der Waals surface area contributed by atoms with Crippen LogP contribution in [0.15, 0.2) is 36.4 Å². The Balaban J connectivity index is 1.74. The maximum Gasteiger partial charge on any atom is 0.275 e. The van der Waals surface area contributed by atoms with Gasteiger partial charge in [-0.2, -0.15) is 0 Å². The van der Waals surface area contributed by atoms with Gasteiger partial charge in [0, 0.05) is 6.04 Å². The van der Waals surface area contributed by atoms with Crippen molar-refractivity contribution in [3.63, 3.8) is 0 Å². The first-order valence-corrected chi connectivity index (χ1v) is 7.44. The number of quaternary nitrogens is 1. The highest BCUT2D eigenvalue weighted by molar-refractivity contribution is 5.87. The molecule has 0 heterocycles. The van der Waals surface area contributed by atoms with E-state index in [4.69, 9.17) is 0 Å². The minimum atomic E-state index is 0.0923. The summed E-state index contributed by atoms with van der Waals surface area (Å²) in [4.78, 5) is 12.9. The molecular weight excluding hydrogens is 264 g/mol. The Morgan fingerprint density at radius 1 is 1.29 bits per heavy atom. The topological polar surface area (TPSA) is 53.8 Å². The first-order chi connectivity index (χ1) is 10.1. The molecule has 0 spiro atoms. The summed E-state index contributed by atoms with van der Waals surface area (Å²) in [7, 11) is 1.98. The van der Waals surface area contributed by atoms with Crippen LogP contribution in [-0.4, -0.2) is 30.6 Å². The minimum absolute atomic E-state index is 0.0923. The smallest absolute Gasteiger partial charge is 0.275 e. The van der Waals surface area contributed by atoms with E-state index in [0.717, 1.165) is 34.1 Å². The second-order valence-corrected chi connectivity index (χ2v) is 5.94. The monoisotopic (exact) mass is 285 g/mol. The Labute approximate surface area is 124 Å². The van der Waals surface area contributed by atoms with Crippen molar-refractivity contribution in [3.8, 4) is 5.75 Å². The molecule has 0 aromatic heterocycles. The van der Waals surface area contributed by atoms with Gasteiger partial charge in [-0.3, -0.25) is 4.79 Å². The molecule has 4 heteroatoms. The summed E-state index contributed by atoms with van der Waals surface area (Å²) < 4.78 is 0. The highest BCUT2D eigenvalue weighted by Crippen LogP contribution is 2.26. The van der Waals surface area contributed by atoms with Gasteiger partial charge in [-0.25, -0.2) is 0 Å². The lowest BCUT2D eigenvalue weighted by molar-refractivity contribution is -0.885. The van der Waals surface area contributed by atoms with Gasteiger partial charge < -0.3 is 15.3 Å². The number of phenolic OH excluding ortho intramolecular Hbond substituents is 1. The summed E-state index contributed by atoms with van der Waals surface area (Å²) >= 11 is 0. The van der Waals surface area contributed by atoms with E-state index in [1.807, 2.05) is 37.4 Å². The molecule has 1 aliphatic rings. The summed E-state index contributed by atoms with van der Waals surface area (Å²) in [6.07, 6.45) is 2.21. The lowest BCUT2D eigenvalue weighted by Gasteiger charge is -2.16. The maximum atomic E-state index is 11.8. The molecule has 1 saturated carbocycles. The summed E-state index contributed by atoms with van der Waals surface area (Å²) in [5.74, 6) is 0.394. The van der Waals surface area contributed by atoms with Gasteiger partial charge >= 0.3 is 0 Å². The van der Waals surface area contributed by atoms with Gasteiger partial charge in [0.15, 0.2) is 6.54 Å².